The van der Waals surface area contributed by atoms with Gasteiger partial charge in [-0.15, -0.1) is 5.10 Å². The van der Waals surface area contributed by atoms with Crippen molar-refractivity contribution in [3.63, 3.8) is 0 Å². The Morgan fingerprint density at radius 3 is 2.26 bits per heavy atom. The molecule has 204 valence electrons. The van der Waals surface area contributed by atoms with Gasteiger partial charge in [0.05, 0.1) is 5.69 Å². The molecule has 12 heteroatoms. The summed E-state index contributed by atoms with van der Waals surface area (Å²) in [5.74, 6) is -0.0271. The van der Waals surface area contributed by atoms with Crippen LogP contribution in [0.1, 0.15) is 30.9 Å². The highest BCUT2D eigenvalue weighted by Gasteiger charge is 2.61. The molecule has 4 aromatic rings. The first-order chi connectivity index (χ1) is 18.4. The van der Waals surface area contributed by atoms with Gasteiger partial charge in [-0.2, -0.15) is 22.0 Å². The van der Waals surface area contributed by atoms with E-state index in [-0.39, 0.29) is 11.9 Å². The minimum atomic E-state index is -5.83. The van der Waals surface area contributed by atoms with Gasteiger partial charge in [-0.1, -0.05) is 56.3 Å². The van der Waals surface area contributed by atoms with Crippen molar-refractivity contribution < 1.29 is 31.5 Å². The Labute approximate surface area is 220 Å². The maximum atomic E-state index is 13.1. The monoisotopic (exact) mass is 545 g/mol. The molecule has 0 saturated heterocycles. The van der Waals surface area contributed by atoms with Crippen molar-refractivity contribution >= 4 is 11.7 Å². The lowest BCUT2D eigenvalue weighted by Crippen LogP contribution is -2.41. The van der Waals surface area contributed by atoms with E-state index in [0.717, 1.165) is 28.9 Å². The summed E-state index contributed by atoms with van der Waals surface area (Å²) in [6, 6.07) is 19.0. The summed E-state index contributed by atoms with van der Waals surface area (Å²) in [6.45, 7) is 4.39. The Hall–Kier alpha value is -4.48. The normalized spacial score (nSPS) is 11.9. The van der Waals surface area contributed by atoms with Gasteiger partial charge >= 0.3 is 18.3 Å². The first-order valence-electron chi connectivity index (χ1n) is 11.8. The number of ether oxygens (including phenoxy) is 1. The summed E-state index contributed by atoms with van der Waals surface area (Å²) < 4.78 is 68.3. The fourth-order valence-electron chi connectivity index (χ4n) is 3.63. The molecular weight excluding hydrogens is 521 g/mol. The SMILES string of the molecule is CC(C)c1ccccc1NC(=O)NCc1ccc(-c2ncn(-c3ccc(OC(F)(F)C(F)(F)F)cc3)n2)cc1. The highest BCUT2D eigenvalue weighted by Crippen LogP contribution is 2.37. The lowest BCUT2D eigenvalue weighted by molar-refractivity contribution is -0.360. The van der Waals surface area contributed by atoms with E-state index < -0.39 is 18.0 Å². The summed E-state index contributed by atoms with van der Waals surface area (Å²) >= 11 is 0. The first-order valence-corrected chi connectivity index (χ1v) is 11.8. The van der Waals surface area contributed by atoms with Gasteiger partial charge in [0.1, 0.15) is 12.1 Å². The van der Waals surface area contributed by atoms with Crippen molar-refractivity contribution in [3.05, 3.63) is 90.3 Å². The number of hydrogen-bond donors (Lipinski definition) is 2. The van der Waals surface area contributed by atoms with E-state index in [9.17, 15) is 26.7 Å². The average Bonchev–Trinajstić information content (AvgIpc) is 3.38. The van der Waals surface area contributed by atoms with E-state index in [1.165, 1.54) is 23.1 Å². The van der Waals surface area contributed by atoms with E-state index in [0.29, 0.717) is 23.6 Å². The van der Waals surface area contributed by atoms with Crippen LogP contribution in [0.5, 0.6) is 5.75 Å². The number of carbonyl (C=O) groups is 1. The predicted molar refractivity (Wildman–Crippen MR) is 135 cm³/mol. The summed E-state index contributed by atoms with van der Waals surface area (Å²) in [7, 11) is 0. The lowest BCUT2D eigenvalue weighted by Gasteiger charge is -2.20. The van der Waals surface area contributed by atoms with Crippen LogP contribution in [-0.4, -0.2) is 33.1 Å². The molecule has 0 saturated carbocycles. The number of para-hydroxylation sites is 1. The van der Waals surface area contributed by atoms with Crippen molar-refractivity contribution in [2.24, 2.45) is 0 Å². The summed E-state index contributed by atoms with van der Waals surface area (Å²) in [5, 5.41) is 10.0. The second-order valence-electron chi connectivity index (χ2n) is 8.87. The van der Waals surface area contributed by atoms with Gasteiger partial charge < -0.3 is 15.4 Å². The van der Waals surface area contributed by atoms with Gasteiger partial charge in [0.25, 0.3) is 0 Å². The number of urea groups is 1. The van der Waals surface area contributed by atoms with E-state index >= 15 is 0 Å². The van der Waals surface area contributed by atoms with E-state index in [1.54, 1.807) is 12.1 Å². The third-order valence-corrected chi connectivity index (χ3v) is 5.67. The van der Waals surface area contributed by atoms with Crippen molar-refractivity contribution in [1.29, 1.82) is 0 Å². The molecule has 0 unspecified atom stereocenters. The Bertz CT molecular complexity index is 1420. The molecular formula is C27H24F5N5O2. The molecule has 2 N–H and O–H groups in total. The molecule has 1 aromatic heterocycles. The Balaban J connectivity index is 1.35. The summed E-state index contributed by atoms with van der Waals surface area (Å²) in [5.41, 5.74) is 3.69. The standard InChI is InChI=1S/C27H24F5N5O2/c1-17(2)22-5-3-4-6-23(22)35-25(38)33-15-18-7-9-19(10-8-18)24-34-16-37(36-24)20-11-13-21(14-12-20)39-27(31,32)26(28,29)30/h3-14,16-17H,15H2,1-2H3,(H2,33,35,38). The first kappa shape index (κ1) is 27.6. The molecule has 0 atom stereocenters. The number of alkyl halides is 5. The van der Waals surface area contributed by atoms with Crippen LogP contribution in [0.4, 0.5) is 32.4 Å². The molecule has 7 nitrogen and oxygen atoms in total. The van der Waals surface area contributed by atoms with Crippen LogP contribution in [-0.2, 0) is 6.54 Å². The fraction of sp³-hybridized carbons (Fsp3) is 0.222. The molecule has 4 rings (SSSR count). The van der Waals surface area contributed by atoms with Crippen LogP contribution < -0.4 is 15.4 Å². The van der Waals surface area contributed by atoms with Crippen molar-refractivity contribution in [2.75, 3.05) is 5.32 Å². The topological polar surface area (TPSA) is 81.1 Å². The molecule has 0 aliphatic heterocycles. The molecule has 0 aliphatic rings. The zero-order chi connectivity index (χ0) is 28.2. The van der Waals surface area contributed by atoms with Gasteiger partial charge in [0.2, 0.25) is 0 Å². The van der Waals surface area contributed by atoms with E-state index in [4.69, 9.17) is 0 Å². The van der Waals surface area contributed by atoms with Crippen LogP contribution in [0, 0.1) is 0 Å². The third-order valence-electron chi connectivity index (χ3n) is 5.67. The maximum absolute atomic E-state index is 13.1. The number of amides is 2. The highest BCUT2D eigenvalue weighted by molar-refractivity contribution is 5.90. The Morgan fingerprint density at radius 2 is 1.62 bits per heavy atom. The van der Waals surface area contributed by atoms with Crippen LogP contribution >= 0.6 is 0 Å². The van der Waals surface area contributed by atoms with Gasteiger partial charge in [0, 0.05) is 17.8 Å². The van der Waals surface area contributed by atoms with Crippen molar-refractivity contribution in [3.8, 4) is 22.8 Å². The van der Waals surface area contributed by atoms with Gasteiger partial charge in [0.15, 0.2) is 5.82 Å². The maximum Gasteiger partial charge on any atom is 0.499 e. The largest absolute Gasteiger partial charge is 0.499 e. The molecule has 39 heavy (non-hydrogen) atoms. The Morgan fingerprint density at radius 1 is 0.949 bits per heavy atom. The van der Waals surface area contributed by atoms with Crippen LogP contribution in [0.3, 0.4) is 0 Å². The molecule has 0 bridgehead atoms. The summed E-state index contributed by atoms with van der Waals surface area (Å²) in [6.07, 6.45) is -9.76. The summed E-state index contributed by atoms with van der Waals surface area (Å²) in [4.78, 5) is 16.6. The zero-order valence-electron chi connectivity index (χ0n) is 20.8. The average molecular weight is 546 g/mol. The number of nitrogens with zero attached hydrogens (tertiary/aromatic N) is 3. The second-order valence-corrected chi connectivity index (χ2v) is 8.87. The van der Waals surface area contributed by atoms with Gasteiger partial charge in [-0.25, -0.2) is 14.5 Å². The molecule has 3 aromatic carbocycles. The van der Waals surface area contributed by atoms with E-state index in [1.807, 2.05) is 36.4 Å². The Kier molecular flexibility index (Phi) is 7.84. The van der Waals surface area contributed by atoms with Gasteiger partial charge in [-0.3, -0.25) is 0 Å². The third kappa shape index (κ3) is 6.70. The van der Waals surface area contributed by atoms with Crippen LogP contribution in [0.2, 0.25) is 0 Å². The van der Waals surface area contributed by atoms with Crippen LogP contribution in [0.25, 0.3) is 17.1 Å². The number of hydrogen-bond acceptors (Lipinski definition) is 4. The van der Waals surface area contributed by atoms with Crippen molar-refractivity contribution in [2.45, 2.75) is 38.6 Å². The molecule has 0 aliphatic carbocycles. The van der Waals surface area contributed by atoms with E-state index in [2.05, 4.69) is 39.3 Å². The zero-order valence-corrected chi connectivity index (χ0v) is 20.8. The predicted octanol–water partition coefficient (Wildman–Crippen LogP) is 6.91. The minimum Gasteiger partial charge on any atom is -0.426 e. The van der Waals surface area contributed by atoms with Crippen molar-refractivity contribution in [1.82, 2.24) is 20.1 Å². The van der Waals surface area contributed by atoms with Crippen LogP contribution in [0.15, 0.2) is 79.1 Å². The number of carbonyl (C=O) groups excluding carboxylic acids is 1. The lowest BCUT2D eigenvalue weighted by atomic mass is 10.0. The number of rotatable bonds is 8. The second kappa shape index (κ2) is 11.1. The number of benzene rings is 3. The smallest absolute Gasteiger partial charge is 0.426 e. The number of halogens is 5. The molecule has 0 fully saturated rings. The fourth-order valence-corrected chi connectivity index (χ4v) is 3.63. The number of nitrogens with one attached hydrogen (secondary N) is 2. The molecule has 0 spiro atoms. The quantitative estimate of drug-likeness (QED) is 0.236. The number of anilines is 1. The molecule has 2 amide bonds. The number of aromatic nitrogens is 3. The minimum absolute atomic E-state index is 0.260. The van der Waals surface area contributed by atoms with Gasteiger partial charge in [-0.05, 0) is 47.4 Å². The molecule has 1 heterocycles. The highest BCUT2D eigenvalue weighted by atomic mass is 19.4. The molecule has 0 radical (unpaired) electrons.